The Morgan fingerprint density at radius 3 is 2.79 bits per heavy atom. The highest BCUT2D eigenvalue weighted by Gasteiger charge is 2.29. The molecule has 1 aliphatic heterocycles. The first-order valence-corrected chi connectivity index (χ1v) is 4.52. The van der Waals surface area contributed by atoms with Crippen LogP contribution in [0.4, 0.5) is 5.82 Å². The first-order valence-electron chi connectivity index (χ1n) is 4.14. The van der Waals surface area contributed by atoms with Gasteiger partial charge in [0.1, 0.15) is 0 Å². The minimum Gasteiger partial charge on any atom is -0.391 e. The van der Waals surface area contributed by atoms with Crippen LogP contribution in [0.25, 0.3) is 0 Å². The highest BCUT2D eigenvalue weighted by molar-refractivity contribution is 6.29. The van der Waals surface area contributed by atoms with Crippen molar-refractivity contribution in [2.75, 3.05) is 11.4 Å². The molecule has 5 nitrogen and oxygen atoms in total. The molecule has 0 aromatic carbocycles. The molecule has 1 aliphatic rings. The third-order valence-electron chi connectivity index (χ3n) is 2.00. The zero-order valence-electron chi connectivity index (χ0n) is 7.22. The summed E-state index contributed by atoms with van der Waals surface area (Å²) in [5, 5.41) is 16.9. The number of carbonyl (C=O) groups excluding carboxylic acids is 1. The van der Waals surface area contributed by atoms with Crippen molar-refractivity contribution in [3.8, 4) is 0 Å². The fourth-order valence-corrected chi connectivity index (χ4v) is 1.46. The molecule has 2 rings (SSSR count). The smallest absolute Gasteiger partial charge is 0.230 e. The second-order valence-corrected chi connectivity index (χ2v) is 3.46. The number of amides is 1. The molecule has 0 radical (unpaired) electrons. The summed E-state index contributed by atoms with van der Waals surface area (Å²) in [6.07, 6.45) is -0.468. The molecule has 0 saturated carbocycles. The van der Waals surface area contributed by atoms with Crippen LogP contribution in [0.2, 0.25) is 5.15 Å². The van der Waals surface area contributed by atoms with Crippen LogP contribution in [0.15, 0.2) is 12.1 Å². The van der Waals surface area contributed by atoms with Crippen molar-refractivity contribution in [3.05, 3.63) is 17.3 Å². The topological polar surface area (TPSA) is 66.3 Å². The molecular weight excluding hydrogens is 206 g/mol. The van der Waals surface area contributed by atoms with Crippen molar-refractivity contribution in [3.63, 3.8) is 0 Å². The molecule has 1 fully saturated rings. The van der Waals surface area contributed by atoms with Gasteiger partial charge in [-0.05, 0) is 12.1 Å². The number of carbonyl (C=O) groups is 1. The van der Waals surface area contributed by atoms with E-state index in [0.29, 0.717) is 5.82 Å². The van der Waals surface area contributed by atoms with E-state index in [1.807, 2.05) is 0 Å². The van der Waals surface area contributed by atoms with Gasteiger partial charge < -0.3 is 5.11 Å². The molecule has 14 heavy (non-hydrogen) atoms. The number of hydrogen-bond donors (Lipinski definition) is 1. The molecule has 0 spiro atoms. The number of rotatable bonds is 1. The Balaban J connectivity index is 2.23. The van der Waals surface area contributed by atoms with E-state index in [0.717, 1.165) is 0 Å². The molecule has 2 heterocycles. The lowest BCUT2D eigenvalue weighted by Gasteiger charge is -2.12. The first-order chi connectivity index (χ1) is 6.66. The summed E-state index contributed by atoms with van der Waals surface area (Å²) in [6, 6.07) is 3.16. The van der Waals surface area contributed by atoms with Crippen molar-refractivity contribution in [2.45, 2.75) is 12.5 Å². The summed E-state index contributed by atoms with van der Waals surface area (Å²) in [4.78, 5) is 12.7. The molecule has 0 unspecified atom stereocenters. The second-order valence-electron chi connectivity index (χ2n) is 3.08. The zero-order valence-corrected chi connectivity index (χ0v) is 7.98. The molecule has 0 aliphatic carbocycles. The minimum atomic E-state index is -0.611. The Morgan fingerprint density at radius 2 is 2.29 bits per heavy atom. The maximum Gasteiger partial charge on any atom is 0.230 e. The van der Waals surface area contributed by atoms with Gasteiger partial charge in [0.25, 0.3) is 0 Å². The van der Waals surface area contributed by atoms with E-state index < -0.39 is 6.10 Å². The SMILES string of the molecule is O=C1C[C@H](O)CN1c1ccc(Cl)nn1. The van der Waals surface area contributed by atoms with E-state index in [2.05, 4.69) is 10.2 Å². The fourth-order valence-electron chi connectivity index (χ4n) is 1.36. The van der Waals surface area contributed by atoms with Gasteiger partial charge in [0, 0.05) is 0 Å². The van der Waals surface area contributed by atoms with Gasteiger partial charge in [0.15, 0.2) is 11.0 Å². The zero-order chi connectivity index (χ0) is 10.1. The lowest BCUT2D eigenvalue weighted by molar-refractivity contribution is -0.117. The highest BCUT2D eigenvalue weighted by atomic mass is 35.5. The molecule has 0 bridgehead atoms. The van der Waals surface area contributed by atoms with Crippen LogP contribution >= 0.6 is 11.6 Å². The number of aliphatic hydroxyl groups is 1. The lowest BCUT2D eigenvalue weighted by Crippen LogP contribution is -2.26. The van der Waals surface area contributed by atoms with E-state index in [1.165, 1.54) is 4.90 Å². The van der Waals surface area contributed by atoms with Crippen molar-refractivity contribution in [2.24, 2.45) is 0 Å². The molecule has 1 atom stereocenters. The largest absolute Gasteiger partial charge is 0.391 e. The van der Waals surface area contributed by atoms with E-state index in [9.17, 15) is 9.90 Å². The van der Waals surface area contributed by atoms with Gasteiger partial charge in [0.2, 0.25) is 5.91 Å². The maximum atomic E-state index is 11.3. The van der Waals surface area contributed by atoms with Gasteiger partial charge in [-0.15, -0.1) is 10.2 Å². The minimum absolute atomic E-state index is 0.143. The van der Waals surface area contributed by atoms with E-state index >= 15 is 0 Å². The molecule has 6 heteroatoms. The highest BCUT2D eigenvalue weighted by Crippen LogP contribution is 2.19. The Hall–Kier alpha value is -1.20. The fraction of sp³-hybridized carbons (Fsp3) is 0.375. The van der Waals surface area contributed by atoms with Gasteiger partial charge in [-0.1, -0.05) is 11.6 Å². The predicted molar refractivity (Wildman–Crippen MR) is 50.0 cm³/mol. The van der Waals surface area contributed by atoms with Crippen LogP contribution in [-0.2, 0) is 4.79 Å². The number of aliphatic hydroxyl groups excluding tert-OH is 1. The third-order valence-corrected chi connectivity index (χ3v) is 2.20. The average Bonchev–Trinajstić information content (AvgIpc) is 2.47. The van der Waals surface area contributed by atoms with Gasteiger partial charge >= 0.3 is 0 Å². The summed E-state index contributed by atoms with van der Waals surface area (Å²) >= 11 is 5.56. The summed E-state index contributed by atoms with van der Waals surface area (Å²) in [7, 11) is 0. The Morgan fingerprint density at radius 1 is 1.50 bits per heavy atom. The first kappa shape index (κ1) is 9.36. The quantitative estimate of drug-likeness (QED) is 0.725. The molecule has 1 aromatic heterocycles. The third kappa shape index (κ3) is 1.69. The number of β-amino-alcohol motifs (C(OH)–C–C–N with tert-alkyl or cyclic N) is 1. The Bertz CT molecular complexity index is 354. The van der Waals surface area contributed by atoms with Gasteiger partial charge in [-0.3, -0.25) is 9.69 Å². The predicted octanol–water partition coefficient (Wildman–Crippen LogP) is 0.228. The molecule has 74 valence electrons. The van der Waals surface area contributed by atoms with Crippen molar-refractivity contribution >= 4 is 23.3 Å². The summed E-state index contributed by atoms with van der Waals surface area (Å²) in [6.45, 7) is 0.273. The van der Waals surface area contributed by atoms with Crippen molar-refractivity contribution in [1.82, 2.24) is 10.2 Å². The van der Waals surface area contributed by atoms with Crippen molar-refractivity contribution < 1.29 is 9.90 Å². The van der Waals surface area contributed by atoms with Crippen LogP contribution in [0.1, 0.15) is 6.42 Å². The lowest BCUT2D eigenvalue weighted by atomic mass is 10.3. The molecule has 1 aromatic rings. The van der Waals surface area contributed by atoms with Crippen LogP contribution in [0, 0.1) is 0 Å². The van der Waals surface area contributed by atoms with Crippen LogP contribution in [0.5, 0.6) is 0 Å². The monoisotopic (exact) mass is 213 g/mol. The van der Waals surface area contributed by atoms with Gasteiger partial charge in [-0.2, -0.15) is 0 Å². The number of aromatic nitrogens is 2. The number of nitrogens with zero attached hydrogens (tertiary/aromatic N) is 3. The van der Waals surface area contributed by atoms with Crippen LogP contribution < -0.4 is 4.90 Å². The number of hydrogen-bond acceptors (Lipinski definition) is 4. The van der Waals surface area contributed by atoms with Gasteiger partial charge in [0.05, 0.1) is 19.1 Å². The number of halogens is 1. The van der Waals surface area contributed by atoms with E-state index in [1.54, 1.807) is 12.1 Å². The van der Waals surface area contributed by atoms with Crippen LogP contribution in [0.3, 0.4) is 0 Å². The molecule has 1 saturated heterocycles. The normalized spacial score (nSPS) is 21.7. The van der Waals surface area contributed by atoms with E-state index in [4.69, 9.17) is 11.6 Å². The molecule has 1 amide bonds. The molecule has 1 N–H and O–H groups in total. The summed E-state index contributed by atoms with van der Waals surface area (Å²) < 4.78 is 0. The maximum absolute atomic E-state index is 11.3. The summed E-state index contributed by atoms with van der Waals surface area (Å²) in [5.41, 5.74) is 0. The number of anilines is 1. The van der Waals surface area contributed by atoms with Crippen molar-refractivity contribution in [1.29, 1.82) is 0 Å². The Kier molecular flexibility index (Phi) is 2.35. The van der Waals surface area contributed by atoms with Crippen LogP contribution in [-0.4, -0.2) is 33.9 Å². The van der Waals surface area contributed by atoms with Gasteiger partial charge in [-0.25, -0.2) is 0 Å². The molecular formula is C8H8ClN3O2. The van der Waals surface area contributed by atoms with E-state index in [-0.39, 0.29) is 24.0 Å². The standard InChI is InChI=1S/C8H8ClN3O2/c9-6-1-2-7(11-10-6)12-4-5(13)3-8(12)14/h1-2,5,13H,3-4H2/t5-/m0/s1. The Labute approximate surface area is 85.3 Å². The second kappa shape index (κ2) is 3.51. The average molecular weight is 214 g/mol. The summed E-state index contributed by atoms with van der Waals surface area (Å²) in [5.74, 6) is 0.282.